The van der Waals surface area contributed by atoms with Gasteiger partial charge in [-0.15, -0.1) is 0 Å². The Bertz CT molecular complexity index is 869. The number of amides is 1. The molecule has 0 atom stereocenters. The predicted molar refractivity (Wildman–Crippen MR) is 116 cm³/mol. The number of nitrogens with two attached hydrogens (primary N) is 1. The second kappa shape index (κ2) is 9.58. The van der Waals surface area contributed by atoms with Gasteiger partial charge in [0.05, 0.1) is 33.0 Å². The fourth-order valence-corrected chi connectivity index (χ4v) is 3.72. The Morgan fingerprint density at radius 2 is 1.60 bits per heavy atom. The third-order valence-electron chi connectivity index (χ3n) is 5.29. The van der Waals surface area contributed by atoms with Crippen LogP contribution in [0.25, 0.3) is 0 Å². The molecule has 30 heavy (non-hydrogen) atoms. The van der Waals surface area contributed by atoms with Gasteiger partial charge in [0.25, 0.3) is 5.91 Å². The van der Waals surface area contributed by atoms with Gasteiger partial charge in [0.2, 0.25) is 5.75 Å². The monoisotopic (exact) mass is 415 g/mol. The molecule has 8 nitrogen and oxygen atoms in total. The van der Waals surface area contributed by atoms with E-state index >= 15 is 0 Å². The van der Waals surface area contributed by atoms with E-state index < -0.39 is 5.91 Å². The highest BCUT2D eigenvalue weighted by Gasteiger charge is 2.21. The second-order valence-electron chi connectivity index (χ2n) is 7.31. The summed E-state index contributed by atoms with van der Waals surface area (Å²) >= 11 is 0. The lowest BCUT2D eigenvalue weighted by Gasteiger charge is -2.28. The topological polar surface area (TPSA) is 115 Å². The smallest absolute Gasteiger partial charge is 0.250 e. The Labute approximate surface area is 176 Å². The van der Waals surface area contributed by atoms with Crippen LogP contribution in [0.1, 0.15) is 36.0 Å². The molecule has 0 saturated heterocycles. The van der Waals surface area contributed by atoms with Crippen molar-refractivity contribution in [1.29, 1.82) is 0 Å². The van der Waals surface area contributed by atoms with E-state index in [1.54, 1.807) is 45.6 Å². The van der Waals surface area contributed by atoms with Crippen molar-refractivity contribution < 1.29 is 24.1 Å². The first-order chi connectivity index (χ1) is 14.4. The number of benzene rings is 2. The van der Waals surface area contributed by atoms with Crippen LogP contribution in [0, 0.1) is 0 Å². The van der Waals surface area contributed by atoms with Crippen molar-refractivity contribution in [3.05, 3.63) is 35.9 Å². The van der Waals surface area contributed by atoms with E-state index in [2.05, 4.69) is 10.6 Å². The number of anilines is 3. The standard InChI is InChI=1S/C22H29N3O5/c1-28-19-11-15(12-20(29-2)21(19)30-3)24-14-6-9-17(22(23)27)18(10-14)25-13-4-7-16(26)8-5-13/h6,9-13,16,24-26H,4-5,7-8H2,1-3H3,(H2,23,27). The van der Waals surface area contributed by atoms with E-state index in [1.807, 2.05) is 6.07 Å². The molecule has 3 rings (SSSR count). The van der Waals surface area contributed by atoms with Gasteiger partial charge < -0.3 is 35.7 Å². The van der Waals surface area contributed by atoms with Crippen molar-refractivity contribution in [3.8, 4) is 17.2 Å². The molecule has 5 N–H and O–H groups in total. The molecular formula is C22H29N3O5. The van der Waals surface area contributed by atoms with Crippen molar-refractivity contribution in [1.82, 2.24) is 0 Å². The van der Waals surface area contributed by atoms with Crippen LogP contribution in [-0.2, 0) is 0 Å². The zero-order chi connectivity index (χ0) is 21.7. The van der Waals surface area contributed by atoms with Crippen LogP contribution in [0.3, 0.4) is 0 Å². The lowest BCUT2D eigenvalue weighted by atomic mass is 9.92. The molecule has 0 spiro atoms. The fourth-order valence-electron chi connectivity index (χ4n) is 3.72. The molecule has 0 heterocycles. The summed E-state index contributed by atoms with van der Waals surface area (Å²) in [6.07, 6.45) is 2.92. The zero-order valence-electron chi connectivity index (χ0n) is 17.5. The first kappa shape index (κ1) is 21.6. The van der Waals surface area contributed by atoms with Crippen LogP contribution in [-0.4, -0.2) is 44.5 Å². The summed E-state index contributed by atoms with van der Waals surface area (Å²) in [5.41, 5.74) is 8.17. The number of hydrogen-bond acceptors (Lipinski definition) is 7. The third-order valence-corrected chi connectivity index (χ3v) is 5.29. The maximum Gasteiger partial charge on any atom is 0.250 e. The van der Waals surface area contributed by atoms with Gasteiger partial charge in [-0.3, -0.25) is 4.79 Å². The van der Waals surface area contributed by atoms with Gasteiger partial charge in [-0.1, -0.05) is 0 Å². The molecule has 0 aromatic heterocycles. The van der Waals surface area contributed by atoms with Gasteiger partial charge in [0.1, 0.15) is 0 Å². The Hall–Kier alpha value is -3.13. The van der Waals surface area contributed by atoms with Gasteiger partial charge in [-0.25, -0.2) is 0 Å². The average Bonchev–Trinajstić information content (AvgIpc) is 2.74. The minimum Gasteiger partial charge on any atom is -0.493 e. The maximum atomic E-state index is 11.9. The van der Waals surface area contributed by atoms with Crippen molar-refractivity contribution in [2.24, 2.45) is 5.73 Å². The fraction of sp³-hybridized carbons (Fsp3) is 0.409. The molecule has 1 amide bonds. The zero-order valence-corrected chi connectivity index (χ0v) is 17.5. The summed E-state index contributed by atoms with van der Waals surface area (Å²) in [7, 11) is 4.68. The Kier molecular flexibility index (Phi) is 6.89. The quantitative estimate of drug-likeness (QED) is 0.523. The molecule has 1 aliphatic carbocycles. The summed E-state index contributed by atoms with van der Waals surface area (Å²) in [6, 6.07) is 9.14. The predicted octanol–water partition coefficient (Wildman–Crippen LogP) is 3.27. The number of rotatable bonds is 8. The number of ether oxygens (including phenoxy) is 3. The number of carbonyl (C=O) groups excluding carboxylic acids is 1. The van der Waals surface area contributed by atoms with E-state index in [1.165, 1.54) is 0 Å². The number of primary amides is 1. The minimum absolute atomic E-state index is 0.183. The summed E-state index contributed by atoms with van der Waals surface area (Å²) in [5.74, 6) is 1.09. The van der Waals surface area contributed by atoms with Gasteiger partial charge in [-0.2, -0.15) is 0 Å². The van der Waals surface area contributed by atoms with Gasteiger partial charge >= 0.3 is 0 Å². The van der Waals surface area contributed by atoms with Crippen LogP contribution in [0.15, 0.2) is 30.3 Å². The Morgan fingerprint density at radius 1 is 0.967 bits per heavy atom. The highest BCUT2D eigenvalue weighted by atomic mass is 16.5. The molecule has 0 unspecified atom stereocenters. The highest BCUT2D eigenvalue weighted by Crippen LogP contribution is 2.41. The summed E-state index contributed by atoms with van der Waals surface area (Å²) < 4.78 is 16.2. The Balaban J connectivity index is 1.87. The van der Waals surface area contributed by atoms with Gasteiger partial charge in [0, 0.05) is 35.2 Å². The number of aliphatic hydroxyl groups excluding tert-OH is 1. The normalized spacial score (nSPS) is 18.4. The van der Waals surface area contributed by atoms with Crippen LogP contribution >= 0.6 is 0 Å². The van der Waals surface area contributed by atoms with Gasteiger partial charge in [0.15, 0.2) is 11.5 Å². The minimum atomic E-state index is -0.493. The maximum absolute atomic E-state index is 11.9. The molecule has 0 bridgehead atoms. The lowest BCUT2D eigenvalue weighted by Crippen LogP contribution is -2.29. The molecule has 1 aliphatic rings. The third kappa shape index (κ3) is 4.88. The summed E-state index contributed by atoms with van der Waals surface area (Å²) in [5, 5.41) is 16.5. The van der Waals surface area contributed by atoms with Crippen molar-refractivity contribution in [2.45, 2.75) is 37.8 Å². The Morgan fingerprint density at radius 3 is 2.13 bits per heavy atom. The molecule has 0 radical (unpaired) electrons. The molecule has 0 aliphatic heterocycles. The number of carbonyl (C=O) groups is 1. The molecule has 162 valence electrons. The van der Waals surface area contributed by atoms with Crippen LogP contribution < -0.4 is 30.6 Å². The number of aliphatic hydroxyl groups is 1. The van der Waals surface area contributed by atoms with Crippen LogP contribution in [0.4, 0.5) is 17.1 Å². The van der Waals surface area contributed by atoms with Crippen LogP contribution in [0.2, 0.25) is 0 Å². The molecule has 8 heteroatoms. The largest absolute Gasteiger partial charge is 0.493 e. The van der Waals surface area contributed by atoms with E-state index in [9.17, 15) is 9.90 Å². The SMILES string of the molecule is COc1cc(Nc2ccc(C(N)=O)c(NC3CCC(O)CC3)c2)cc(OC)c1OC. The molecular weight excluding hydrogens is 386 g/mol. The molecule has 1 fully saturated rings. The van der Waals surface area contributed by atoms with E-state index in [0.29, 0.717) is 28.5 Å². The first-order valence-corrected chi connectivity index (χ1v) is 9.90. The number of nitrogens with one attached hydrogen (secondary N) is 2. The van der Waals surface area contributed by atoms with E-state index in [4.69, 9.17) is 19.9 Å². The van der Waals surface area contributed by atoms with Crippen molar-refractivity contribution in [3.63, 3.8) is 0 Å². The van der Waals surface area contributed by atoms with E-state index in [0.717, 1.165) is 37.1 Å². The number of hydrogen-bond donors (Lipinski definition) is 4. The average molecular weight is 415 g/mol. The highest BCUT2D eigenvalue weighted by molar-refractivity contribution is 5.99. The van der Waals surface area contributed by atoms with Crippen molar-refractivity contribution >= 4 is 23.0 Å². The second-order valence-corrected chi connectivity index (χ2v) is 7.31. The lowest BCUT2D eigenvalue weighted by molar-refractivity contribution is 0.100. The first-order valence-electron chi connectivity index (χ1n) is 9.90. The molecule has 2 aromatic rings. The van der Waals surface area contributed by atoms with Crippen molar-refractivity contribution in [2.75, 3.05) is 32.0 Å². The number of methoxy groups -OCH3 is 3. The molecule has 1 saturated carbocycles. The summed E-state index contributed by atoms with van der Waals surface area (Å²) in [4.78, 5) is 11.9. The van der Waals surface area contributed by atoms with Crippen LogP contribution in [0.5, 0.6) is 17.2 Å². The summed E-state index contributed by atoms with van der Waals surface area (Å²) in [6.45, 7) is 0. The molecule has 2 aromatic carbocycles. The van der Waals surface area contributed by atoms with Gasteiger partial charge in [-0.05, 0) is 43.9 Å². The van der Waals surface area contributed by atoms with E-state index in [-0.39, 0.29) is 12.1 Å².